The minimum atomic E-state index is -0.310. The van der Waals surface area contributed by atoms with Crippen LogP contribution in [0, 0.1) is 17.3 Å². The average Bonchev–Trinajstić information content (AvgIpc) is 3.13. The summed E-state index contributed by atoms with van der Waals surface area (Å²) in [6, 6.07) is 21.6. The Morgan fingerprint density at radius 1 is 0.808 bits per heavy atom. The van der Waals surface area contributed by atoms with Crippen LogP contribution < -0.4 is 0 Å². The van der Waals surface area contributed by atoms with Crippen molar-refractivity contribution in [2.24, 2.45) is 5.41 Å². The van der Waals surface area contributed by atoms with Gasteiger partial charge in [0.15, 0.2) is 0 Å². The van der Waals surface area contributed by atoms with Gasteiger partial charge in [0.1, 0.15) is 0 Å². The zero-order valence-corrected chi connectivity index (χ0v) is 17.0. The van der Waals surface area contributed by atoms with Gasteiger partial charge in [-0.05, 0) is 42.5 Å². The third kappa shape index (κ3) is 4.14. The zero-order chi connectivity index (χ0) is 17.8. The molecule has 0 bridgehead atoms. The molecular formula is C24H30ClN. The molecule has 1 saturated heterocycles. The number of likely N-dealkylation sites (tertiary alicyclic amines) is 1. The van der Waals surface area contributed by atoms with Gasteiger partial charge < -0.3 is 0 Å². The molecule has 2 aromatic rings. The summed E-state index contributed by atoms with van der Waals surface area (Å²) >= 11 is 0. The molecule has 1 aliphatic rings. The topological polar surface area (TPSA) is 3.24 Å². The monoisotopic (exact) mass is 367 g/mol. The molecule has 1 fully saturated rings. The van der Waals surface area contributed by atoms with Crippen LogP contribution in [-0.4, -0.2) is 24.5 Å². The average molecular weight is 368 g/mol. The predicted octanol–water partition coefficient (Wildman–Crippen LogP) is 5.54. The Morgan fingerprint density at radius 3 is 1.69 bits per heavy atom. The number of hydrogen-bond acceptors (Lipinski definition) is 1. The van der Waals surface area contributed by atoms with Crippen LogP contribution in [0.1, 0.15) is 44.7 Å². The van der Waals surface area contributed by atoms with Crippen molar-refractivity contribution in [3.8, 4) is 11.8 Å². The molecule has 2 aromatic carbocycles. The summed E-state index contributed by atoms with van der Waals surface area (Å²) in [6.07, 6.45) is 2.62. The first kappa shape index (κ1) is 20.6. The van der Waals surface area contributed by atoms with Gasteiger partial charge in [0.05, 0.1) is 12.0 Å². The maximum atomic E-state index is 3.74. The molecule has 138 valence electrons. The van der Waals surface area contributed by atoms with E-state index in [1.165, 1.54) is 37.1 Å². The lowest BCUT2D eigenvalue weighted by molar-refractivity contribution is 0.291. The lowest BCUT2D eigenvalue weighted by Gasteiger charge is -2.42. The van der Waals surface area contributed by atoms with Crippen molar-refractivity contribution in [1.29, 1.82) is 0 Å². The summed E-state index contributed by atoms with van der Waals surface area (Å²) in [5, 5.41) is 0. The molecule has 0 saturated carbocycles. The molecular weight excluding hydrogens is 338 g/mol. The number of nitrogens with zero attached hydrogens (tertiary/aromatic N) is 1. The van der Waals surface area contributed by atoms with Crippen LogP contribution in [0.15, 0.2) is 60.7 Å². The smallest absolute Gasteiger partial charge is 0.0860 e. The van der Waals surface area contributed by atoms with E-state index in [4.69, 9.17) is 0 Å². The molecule has 0 unspecified atom stereocenters. The van der Waals surface area contributed by atoms with Crippen LogP contribution in [0.5, 0.6) is 0 Å². The van der Waals surface area contributed by atoms with Crippen molar-refractivity contribution in [2.75, 3.05) is 19.6 Å². The number of benzene rings is 2. The highest BCUT2D eigenvalue weighted by atomic mass is 35.5. The Labute approximate surface area is 165 Å². The van der Waals surface area contributed by atoms with Crippen LogP contribution in [0.3, 0.4) is 0 Å². The van der Waals surface area contributed by atoms with Crippen LogP contribution in [0.4, 0.5) is 0 Å². The van der Waals surface area contributed by atoms with Crippen LogP contribution in [0.25, 0.3) is 0 Å². The molecule has 0 atom stereocenters. The quantitative estimate of drug-likeness (QED) is 0.644. The molecule has 26 heavy (non-hydrogen) atoms. The summed E-state index contributed by atoms with van der Waals surface area (Å²) in [7, 11) is 0. The predicted molar refractivity (Wildman–Crippen MR) is 114 cm³/mol. The molecule has 0 aliphatic carbocycles. The van der Waals surface area contributed by atoms with Crippen molar-refractivity contribution in [3.63, 3.8) is 0 Å². The first-order valence-electron chi connectivity index (χ1n) is 9.37. The van der Waals surface area contributed by atoms with E-state index in [2.05, 4.69) is 98.2 Å². The van der Waals surface area contributed by atoms with Gasteiger partial charge in [-0.3, -0.25) is 4.90 Å². The van der Waals surface area contributed by atoms with Gasteiger partial charge >= 0.3 is 0 Å². The van der Waals surface area contributed by atoms with E-state index in [0.29, 0.717) is 0 Å². The van der Waals surface area contributed by atoms with Crippen molar-refractivity contribution in [3.05, 3.63) is 71.8 Å². The Kier molecular flexibility index (Phi) is 6.93. The van der Waals surface area contributed by atoms with Crippen LogP contribution in [-0.2, 0) is 5.41 Å². The molecule has 3 rings (SSSR count). The second-order valence-corrected chi connectivity index (χ2v) is 8.02. The van der Waals surface area contributed by atoms with Gasteiger partial charge in [-0.25, -0.2) is 0 Å². The van der Waals surface area contributed by atoms with Gasteiger partial charge in [-0.2, -0.15) is 0 Å². The maximum absolute atomic E-state index is 3.74. The maximum Gasteiger partial charge on any atom is 0.0860 e. The second-order valence-electron chi connectivity index (χ2n) is 8.02. The standard InChI is InChI=1S/C24H29N.ClH/c1-23(2,3)24(21-13-6-4-7-14-21,22-15-8-5-9-16-22)17-12-20-25-18-10-11-19-25;/h4-9,13-16H,10-11,18-20H2,1-3H3;1H. The van der Waals surface area contributed by atoms with Crippen molar-refractivity contribution >= 4 is 12.4 Å². The van der Waals surface area contributed by atoms with Gasteiger partial charge in [0.2, 0.25) is 0 Å². The zero-order valence-electron chi connectivity index (χ0n) is 16.2. The van der Waals surface area contributed by atoms with Gasteiger partial charge in [0, 0.05) is 0 Å². The summed E-state index contributed by atoms with van der Waals surface area (Å²) in [5.74, 6) is 7.29. The Hall–Kier alpha value is -1.75. The van der Waals surface area contributed by atoms with E-state index >= 15 is 0 Å². The van der Waals surface area contributed by atoms with Crippen LogP contribution >= 0.6 is 12.4 Å². The van der Waals surface area contributed by atoms with Gasteiger partial charge in [-0.1, -0.05) is 93.3 Å². The van der Waals surface area contributed by atoms with Crippen LogP contribution in [0.2, 0.25) is 0 Å². The highest BCUT2D eigenvalue weighted by Gasteiger charge is 2.43. The van der Waals surface area contributed by atoms with Crippen molar-refractivity contribution in [2.45, 2.75) is 39.0 Å². The summed E-state index contributed by atoms with van der Waals surface area (Å²) < 4.78 is 0. The lowest BCUT2D eigenvalue weighted by Crippen LogP contribution is -2.40. The van der Waals surface area contributed by atoms with E-state index in [1.807, 2.05) is 0 Å². The van der Waals surface area contributed by atoms with E-state index in [0.717, 1.165) is 6.54 Å². The fourth-order valence-corrected chi connectivity index (χ4v) is 3.97. The van der Waals surface area contributed by atoms with Gasteiger partial charge in [0.25, 0.3) is 0 Å². The molecule has 0 spiro atoms. The third-order valence-electron chi connectivity index (χ3n) is 5.32. The largest absolute Gasteiger partial charge is 0.292 e. The first-order valence-corrected chi connectivity index (χ1v) is 9.37. The minimum Gasteiger partial charge on any atom is -0.292 e. The Morgan fingerprint density at radius 2 is 1.27 bits per heavy atom. The van der Waals surface area contributed by atoms with E-state index in [9.17, 15) is 0 Å². The molecule has 1 nitrogen and oxygen atoms in total. The SMILES string of the molecule is CC(C)(C)C(C#CCN1CCCC1)(c1ccccc1)c1ccccc1.Cl. The molecule has 2 heteroatoms. The van der Waals surface area contributed by atoms with E-state index in [1.54, 1.807) is 0 Å². The number of rotatable bonds is 3. The molecule has 1 aliphatic heterocycles. The van der Waals surface area contributed by atoms with Crippen molar-refractivity contribution in [1.82, 2.24) is 4.90 Å². The fraction of sp³-hybridized carbons (Fsp3) is 0.417. The molecule has 0 radical (unpaired) electrons. The summed E-state index contributed by atoms with van der Waals surface area (Å²) in [6.45, 7) is 10.2. The normalized spacial score (nSPS) is 15.0. The molecule has 0 amide bonds. The van der Waals surface area contributed by atoms with E-state index in [-0.39, 0.29) is 23.2 Å². The van der Waals surface area contributed by atoms with Crippen molar-refractivity contribution < 1.29 is 0 Å². The lowest BCUT2D eigenvalue weighted by atomic mass is 9.59. The summed E-state index contributed by atoms with van der Waals surface area (Å²) in [5.41, 5.74) is 2.23. The number of halogens is 1. The first-order chi connectivity index (χ1) is 12.0. The highest BCUT2D eigenvalue weighted by molar-refractivity contribution is 5.85. The molecule has 1 heterocycles. The Bertz CT molecular complexity index is 689. The fourth-order valence-electron chi connectivity index (χ4n) is 3.97. The second kappa shape index (κ2) is 8.76. The van der Waals surface area contributed by atoms with E-state index < -0.39 is 0 Å². The Balaban J connectivity index is 0.00000243. The minimum absolute atomic E-state index is 0. The number of hydrogen-bond donors (Lipinski definition) is 0. The third-order valence-corrected chi connectivity index (χ3v) is 5.32. The molecule has 0 aromatic heterocycles. The summed E-state index contributed by atoms with van der Waals surface area (Å²) in [4.78, 5) is 2.47. The molecule has 0 N–H and O–H groups in total. The highest BCUT2D eigenvalue weighted by Crippen LogP contribution is 2.46. The van der Waals surface area contributed by atoms with Gasteiger partial charge in [-0.15, -0.1) is 12.4 Å².